The Hall–Kier alpha value is -2.39. The Bertz CT molecular complexity index is 681. The predicted octanol–water partition coefficient (Wildman–Crippen LogP) is 2.19. The highest BCUT2D eigenvalue weighted by Crippen LogP contribution is 2.21. The van der Waals surface area contributed by atoms with E-state index in [1.165, 1.54) is 12.1 Å². The van der Waals surface area contributed by atoms with Gasteiger partial charge >= 0.3 is 6.09 Å². The zero-order chi connectivity index (χ0) is 20.2. The van der Waals surface area contributed by atoms with Gasteiger partial charge in [-0.05, 0) is 39.3 Å². The molecule has 0 saturated carbocycles. The van der Waals surface area contributed by atoms with E-state index >= 15 is 0 Å². The number of aliphatic hydroxyl groups excluding tert-OH is 1. The molecule has 1 heterocycles. The van der Waals surface area contributed by atoms with Crippen molar-refractivity contribution in [1.29, 1.82) is 0 Å². The van der Waals surface area contributed by atoms with Crippen LogP contribution >= 0.6 is 0 Å². The van der Waals surface area contributed by atoms with Crippen LogP contribution in [-0.2, 0) is 4.74 Å². The highest BCUT2D eigenvalue weighted by Gasteiger charge is 2.26. The van der Waals surface area contributed by atoms with Crippen LogP contribution in [0.5, 0.6) is 0 Å². The van der Waals surface area contributed by atoms with Crippen LogP contribution in [0.4, 0.5) is 16.2 Å². The summed E-state index contributed by atoms with van der Waals surface area (Å²) in [6.07, 6.45) is -1.14. The average Bonchev–Trinajstić information content (AvgIpc) is 2.55. The summed E-state index contributed by atoms with van der Waals surface area (Å²) in [4.78, 5) is 26.1. The van der Waals surface area contributed by atoms with E-state index in [0.29, 0.717) is 44.0 Å². The van der Waals surface area contributed by atoms with E-state index in [-0.39, 0.29) is 11.8 Å². The quantitative estimate of drug-likeness (QED) is 0.458. The normalized spacial score (nSPS) is 16.7. The molecule has 0 aliphatic carbocycles. The summed E-state index contributed by atoms with van der Waals surface area (Å²) < 4.78 is 5.37. The van der Waals surface area contributed by atoms with Crippen LogP contribution in [0.1, 0.15) is 26.3 Å². The van der Waals surface area contributed by atoms with E-state index in [1.54, 1.807) is 17.9 Å². The molecule has 1 aliphatic rings. The summed E-state index contributed by atoms with van der Waals surface area (Å²) in [5.41, 5.74) is 0.848. The number of rotatable bonds is 5. The number of nitro benzene ring substituents is 1. The minimum absolute atomic E-state index is 0.0193. The molecule has 9 heteroatoms. The van der Waals surface area contributed by atoms with Crippen molar-refractivity contribution in [2.75, 3.05) is 38.0 Å². The van der Waals surface area contributed by atoms with E-state index < -0.39 is 16.8 Å². The molecule has 0 radical (unpaired) electrons. The number of carbonyl (C=O) groups is 1. The van der Waals surface area contributed by atoms with E-state index in [4.69, 9.17) is 4.74 Å². The molecule has 1 fully saturated rings. The van der Waals surface area contributed by atoms with Gasteiger partial charge in [-0.25, -0.2) is 4.79 Å². The smallest absolute Gasteiger partial charge is 0.410 e. The fraction of sp³-hybridized carbons (Fsp3) is 0.611. The molecule has 27 heavy (non-hydrogen) atoms. The minimum atomic E-state index is -0.821. The van der Waals surface area contributed by atoms with Crippen LogP contribution in [0.2, 0.25) is 0 Å². The van der Waals surface area contributed by atoms with Crippen LogP contribution in [0, 0.1) is 17.0 Å². The number of nitro groups is 1. The zero-order valence-corrected chi connectivity index (χ0v) is 16.3. The molecule has 2 N–H and O–H groups in total. The Morgan fingerprint density at radius 3 is 2.48 bits per heavy atom. The Kier molecular flexibility index (Phi) is 6.61. The first-order valence-electron chi connectivity index (χ1n) is 8.95. The maximum Gasteiger partial charge on any atom is 0.410 e. The van der Waals surface area contributed by atoms with Crippen LogP contribution in [-0.4, -0.2) is 70.5 Å². The second-order valence-electron chi connectivity index (χ2n) is 7.68. The van der Waals surface area contributed by atoms with Gasteiger partial charge in [0.05, 0.1) is 4.92 Å². The van der Waals surface area contributed by atoms with Gasteiger partial charge in [-0.15, -0.1) is 0 Å². The second kappa shape index (κ2) is 8.53. The summed E-state index contributed by atoms with van der Waals surface area (Å²) in [6, 6.07) is 4.47. The SMILES string of the molecule is Cc1cc([N+](=O)[O-])ccc1NC(O)CN1CCN(C(=O)OC(C)(C)C)CC1. The standard InChI is InChI=1S/C18H28N4O5/c1-13-11-14(22(25)26)5-6-15(13)19-16(23)12-20-7-9-21(10-8-20)17(24)27-18(2,3)4/h5-6,11,16,19,23H,7-10,12H2,1-4H3. The fourth-order valence-electron chi connectivity index (χ4n) is 2.83. The molecule has 1 aliphatic heterocycles. The second-order valence-corrected chi connectivity index (χ2v) is 7.68. The Balaban J connectivity index is 1.82. The van der Waals surface area contributed by atoms with Crippen molar-refractivity contribution in [3.8, 4) is 0 Å². The number of amides is 1. The van der Waals surface area contributed by atoms with Crippen LogP contribution in [0.25, 0.3) is 0 Å². The minimum Gasteiger partial charge on any atom is -0.444 e. The lowest BCUT2D eigenvalue weighted by atomic mass is 10.1. The number of hydrogen-bond acceptors (Lipinski definition) is 7. The topological polar surface area (TPSA) is 108 Å². The summed E-state index contributed by atoms with van der Waals surface area (Å²) in [7, 11) is 0. The van der Waals surface area contributed by atoms with Gasteiger partial charge in [-0.1, -0.05) is 0 Å². The Labute approximate surface area is 159 Å². The molecule has 2 rings (SSSR count). The van der Waals surface area contributed by atoms with Gasteiger partial charge in [0.1, 0.15) is 11.8 Å². The number of anilines is 1. The summed E-state index contributed by atoms with van der Waals surface area (Å²) in [5, 5.41) is 24.1. The van der Waals surface area contributed by atoms with Gasteiger partial charge in [0.25, 0.3) is 5.69 Å². The first-order chi connectivity index (χ1) is 12.5. The van der Waals surface area contributed by atoms with Gasteiger partial charge in [0, 0.05) is 50.5 Å². The molecule has 1 atom stereocenters. The number of hydrogen-bond donors (Lipinski definition) is 2. The lowest BCUT2D eigenvalue weighted by Gasteiger charge is -2.36. The Morgan fingerprint density at radius 1 is 1.33 bits per heavy atom. The molecule has 1 aromatic rings. The third kappa shape index (κ3) is 6.37. The first-order valence-corrected chi connectivity index (χ1v) is 8.95. The predicted molar refractivity (Wildman–Crippen MR) is 102 cm³/mol. The zero-order valence-electron chi connectivity index (χ0n) is 16.3. The molecule has 0 spiro atoms. The summed E-state index contributed by atoms with van der Waals surface area (Å²) in [5.74, 6) is 0. The molecule has 1 saturated heterocycles. The van der Waals surface area contributed by atoms with E-state index in [1.807, 2.05) is 20.8 Å². The number of benzene rings is 1. The van der Waals surface area contributed by atoms with Crippen molar-refractivity contribution >= 4 is 17.5 Å². The maximum atomic E-state index is 12.1. The number of β-amino-alcohol motifs (C(OH)–C–C–N with tert-alkyl or cyclic N) is 1. The van der Waals surface area contributed by atoms with Crippen molar-refractivity contribution in [1.82, 2.24) is 9.80 Å². The Morgan fingerprint density at radius 2 is 1.96 bits per heavy atom. The molecule has 9 nitrogen and oxygen atoms in total. The molecule has 1 unspecified atom stereocenters. The van der Waals surface area contributed by atoms with Crippen molar-refractivity contribution in [3.05, 3.63) is 33.9 Å². The molecule has 0 aromatic heterocycles. The van der Waals surface area contributed by atoms with Crippen molar-refractivity contribution in [3.63, 3.8) is 0 Å². The van der Waals surface area contributed by atoms with E-state index in [2.05, 4.69) is 10.2 Å². The van der Waals surface area contributed by atoms with Crippen LogP contribution in [0.15, 0.2) is 18.2 Å². The number of carbonyl (C=O) groups excluding carboxylic acids is 1. The van der Waals surface area contributed by atoms with Crippen molar-refractivity contribution in [2.45, 2.75) is 39.5 Å². The third-order valence-electron chi connectivity index (χ3n) is 4.20. The number of piperazine rings is 1. The first kappa shape index (κ1) is 20.9. The highest BCUT2D eigenvalue weighted by atomic mass is 16.6. The molecular formula is C18H28N4O5. The molecule has 150 valence electrons. The lowest BCUT2D eigenvalue weighted by Crippen LogP contribution is -2.52. The molecular weight excluding hydrogens is 352 g/mol. The monoisotopic (exact) mass is 380 g/mol. The van der Waals surface area contributed by atoms with Crippen molar-refractivity contribution in [2.24, 2.45) is 0 Å². The molecule has 1 amide bonds. The van der Waals surface area contributed by atoms with Crippen molar-refractivity contribution < 1.29 is 19.6 Å². The number of nitrogens with zero attached hydrogens (tertiary/aromatic N) is 3. The summed E-state index contributed by atoms with van der Waals surface area (Å²) >= 11 is 0. The average molecular weight is 380 g/mol. The number of non-ortho nitro benzene ring substituents is 1. The lowest BCUT2D eigenvalue weighted by molar-refractivity contribution is -0.384. The molecule has 0 bridgehead atoms. The number of aliphatic hydroxyl groups is 1. The number of nitrogens with one attached hydrogen (secondary N) is 1. The largest absolute Gasteiger partial charge is 0.444 e. The third-order valence-corrected chi connectivity index (χ3v) is 4.20. The number of ether oxygens (including phenoxy) is 1. The van der Waals surface area contributed by atoms with Gasteiger partial charge < -0.3 is 20.1 Å². The fourth-order valence-corrected chi connectivity index (χ4v) is 2.83. The van der Waals surface area contributed by atoms with Gasteiger partial charge in [-0.3, -0.25) is 15.0 Å². The van der Waals surface area contributed by atoms with Crippen LogP contribution in [0.3, 0.4) is 0 Å². The number of aryl methyl sites for hydroxylation is 1. The molecule has 1 aromatic carbocycles. The van der Waals surface area contributed by atoms with Gasteiger partial charge in [-0.2, -0.15) is 0 Å². The van der Waals surface area contributed by atoms with E-state index in [9.17, 15) is 20.0 Å². The highest BCUT2D eigenvalue weighted by molar-refractivity contribution is 5.68. The van der Waals surface area contributed by atoms with Gasteiger partial charge in [0.2, 0.25) is 0 Å². The van der Waals surface area contributed by atoms with Gasteiger partial charge in [0.15, 0.2) is 0 Å². The van der Waals surface area contributed by atoms with Crippen LogP contribution < -0.4 is 5.32 Å². The van der Waals surface area contributed by atoms with E-state index in [0.717, 1.165) is 0 Å². The summed E-state index contributed by atoms with van der Waals surface area (Å²) in [6.45, 7) is 10.0. The maximum absolute atomic E-state index is 12.1.